The predicted molar refractivity (Wildman–Crippen MR) is 80.3 cm³/mol. The molecule has 0 aliphatic rings. The maximum absolute atomic E-state index is 2.55. The Labute approximate surface area is 123 Å². The Balaban J connectivity index is 2.51. The van der Waals surface area contributed by atoms with Crippen LogP contribution in [0.2, 0.25) is 4.47 Å². The molecule has 17 heavy (non-hydrogen) atoms. The summed E-state index contributed by atoms with van der Waals surface area (Å²) in [6.45, 7) is 4.57. The van der Waals surface area contributed by atoms with Crippen LogP contribution in [0.1, 0.15) is 39.5 Å². The van der Waals surface area contributed by atoms with Crippen LogP contribution in [0.3, 0.4) is 0 Å². The molecular weight excluding hydrogens is 387 g/mol. The first kappa shape index (κ1) is 15.3. The van der Waals surface area contributed by atoms with E-state index in [1.807, 2.05) is 2.52 Å². The molecular formula is C15H22SeTe. The molecule has 0 atom stereocenters. The Morgan fingerprint density at radius 3 is 2.59 bits per heavy atom. The predicted octanol–water partition coefficient (Wildman–Crippen LogP) is 3.58. The van der Waals surface area contributed by atoms with Gasteiger partial charge in [0, 0.05) is 0 Å². The fourth-order valence-corrected chi connectivity index (χ4v) is 8.92. The average Bonchev–Trinajstić information content (AvgIpc) is 2.37. The van der Waals surface area contributed by atoms with Crippen LogP contribution in [-0.2, 0) is 0 Å². The van der Waals surface area contributed by atoms with Gasteiger partial charge in [-0.15, -0.1) is 0 Å². The third kappa shape index (κ3) is 7.32. The summed E-state index contributed by atoms with van der Waals surface area (Å²) in [5, 5.41) is 0. The van der Waals surface area contributed by atoms with Gasteiger partial charge in [0.2, 0.25) is 0 Å². The van der Waals surface area contributed by atoms with Gasteiger partial charge in [0.1, 0.15) is 0 Å². The van der Waals surface area contributed by atoms with Crippen molar-refractivity contribution < 1.29 is 0 Å². The zero-order chi connectivity index (χ0) is 12.3. The van der Waals surface area contributed by atoms with Crippen molar-refractivity contribution in [2.24, 2.45) is 0 Å². The second kappa shape index (κ2) is 10.2. The van der Waals surface area contributed by atoms with E-state index in [4.69, 9.17) is 0 Å². The third-order valence-corrected chi connectivity index (χ3v) is 9.73. The van der Waals surface area contributed by atoms with Gasteiger partial charge >= 0.3 is 123 Å². The minimum atomic E-state index is 0.120. The summed E-state index contributed by atoms with van der Waals surface area (Å²) in [7, 11) is 0. The average molecular weight is 409 g/mol. The van der Waals surface area contributed by atoms with Crippen LogP contribution in [-0.4, -0.2) is 35.9 Å². The van der Waals surface area contributed by atoms with E-state index in [1.165, 1.54) is 30.2 Å². The molecule has 0 bridgehead atoms. The van der Waals surface area contributed by atoms with Crippen LogP contribution in [0.4, 0.5) is 0 Å². The maximum atomic E-state index is 2.55. The molecule has 0 N–H and O–H groups in total. The molecule has 0 aromatic heterocycles. The van der Waals surface area contributed by atoms with E-state index in [1.54, 1.807) is 4.46 Å². The third-order valence-electron chi connectivity index (χ3n) is 2.30. The molecule has 94 valence electrons. The number of rotatable bonds is 8. The molecule has 0 saturated heterocycles. The molecule has 0 unspecified atom stereocenters. The molecule has 0 heterocycles. The monoisotopic (exact) mass is 412 g/mol. The van der Waals surface area contributed by atoms with Crippen molar-refractivity contribution in [3.05, 3.63) is 38.9 Å². The van der Waals surface area contributed by atoms with Crippen molar-refractivity contribution >= 4 is 40.3 Å². The number of hydrogen-bond donors (Lipinski definition) is 0. The van der Waals surface area contributed by atoms with Crippen LogP contribution in [0, 0.1) is 0 Å². The van der Waals surface area contributed by atoms with Crippen LogP contribution >= 0.6 is 0 Å². The second-order valence-corrected chi connectivity index (χ2v) is 11.3. The Morgan fingerprint density at radius 1 is 1.18 bits per heavy atom. The topological polar surface area (TPSA) is 0 Å². The quantitative estimate of drug-likeness (QED) is 0.455. The van der Waals surface area contributed by atoms with Gasteiger partial charge in [0.15, 0.2) is 0 Å². The normalized spacial score (nSPS) is 11.8. The van der Waals surface area contributed by atoms with Crippen LogP contribution in [0.25, 0.3) is 0 Å². The van der Waals surface area contributed by atoms with E-state index < -0.39 is 0 Å². The Kier molecular flexibility index (Phi) is 9.21. The molecule has 1 aromatic rings. The summed E-state index contributed by atoms with van der Waals surface area (Å²) in [6.07, 6.45) is 7.89. The SMILES string of the molecule is CCC/C=C(\[Se]c1ccccc1)[Te]CCCC. The Hall–Kier alpha value is 0.269. The van der Waals surface area contributed by atoms with Gasteiger partial charge in [-0.2, -0.15) is 0 Å². The van der Waals surface area contributed by atoms with Crippen molar-refractivity contribution in [3.63, 3.8) is 0 Å². The van der Waals surface area contributed by atoms with Gasteiger partial charge < -0.3 is 0 Å². The van der Waals surface area contributed by atoms with E-state index >= 15 is 0 Å². The molecule has 0 nitrogen and oxygen atoms in total. The molecule has 0 fully saturated rings. The van der Waals surface area contributed by atoms with E-state index in [2.05, 4.69) is 50.3 Å². The summed E-state index contributed by atoms with van der Waals surface area (Å²) in [5.74, 6) is 0. The summed E-state index contributed by atoms with van der Waals surface area (Å²) in [5.41, 5.74) is 0. The molecule has 0 spiro atoms. The van der Waals surface area contributed by atoms with E-state index in [0.717, 1.165) is 0 Å². The molecule has 1 rings (SSSR count). The first-order valence-corrected chi connectivity index (χ1v) is 10.9. The van der Waals surface area contributed by atoms with Crippen molar-refractivity contribution in [1.29, 1.82) is 0 Å². The van der Waals surface area contributed by atoms with Gasteiger partial charge in [-0.3, -0.25) is 0 Å². The standard InChI is InChI=1S/C15H22SeTe/c1-3-5-12-15(17-13-6-4-2)16-14-10-8-7-9-11-14/h7-12H,3-6,13H2,1-2H3/b15-12+. The number of hydrogen-bond acceptors (Lipinski definition) is 0. The first-order chi connectivity index (χ1) is 8.36. The minimum absolute atomic E-state index is 0.120. The van der Waals surface area contributed by atoms with Crippen LogP contribution in [0.5, 0.6) is 0 Å². The van der Waals surface area contributed by atoms with Crippen LogP contribution in [0.15, 0.2) is 38.9 Å². The van der Waals surface area contributed by atoms with Gasteiger partial charge in [-0.25, -0.2) is 0 Å². The van der Waals surface area contributed by atoms with Gasteiger partial charge in [-0.1, -0.05) is 0 Å². The number of benzene rings is 1. The van der Waals surface area contributed by atoms with Crippen molar-refractivity contribution in [3.8, 4) is 0 Å². The fraction of sp³-hybridized carbons (Fsp3) is 0.467. The summed E-state index contributed by atoms with van der Waals surface area (Å²) in [6, 6.07) is 11.0. The zero-order valence-corrected chi connectivity index (χ0v) is 14.9. The van der Waals surface area contributed by atoms with Crippen LogP contribution < -0.4 is 4.46 Å². The summed E-state index contributed by atoms with van der Waals surface area (Å²) < 4.78 is 4.86. The summed E-state index contributed by atoms with van der Waals surface area (Å²) >= 11 is 0.724. The molecule has 0 aliphatic heterocycles. The van der Waals surface area contributed by atoms with E-state index in [-0.39, 0.29) is 20.9 Å². The van der Waals surface area contributed by atoms with Crippen molar-refractivity contribution in [2.45, 2.75) is 44.0 Å². The van der Waals surface area contributed by atoms with E-state index in [9.17, 15) is 0 Å². The Morgan fingerprint density at radius 2 is 1.94 bits per heavy atom. The molecule has 0 radical (unpaired) electrons. The van der Waals surface area contributed by atoms with Gasteiger partial charge in [0.25, 0.3) is 0 Å². The van der Waals surface area contributed by atoms with Gasteiger partial charge in [0.05, 0.1) is 0 Å². The molecule has 2 heteroatoms. The summed E-state index contributed by atoms with van der Waals surface area (Å²) in [4.78, 5) is 0. The molecule has 0 aliphatic carbocycles. The van der Waals surface area contributed by atoms with Crippen molar-refractivity contribution in [1.82, 2.24) is 0 Å². The first-order valence-electron chi connectivity index (χ1n) is 6.42. The Bertz CT molecular complexity index is 319. The van der Waals surface area contributed by atoms with Gasteiger partial charge in [-0.05, 0) is 0 Å². The zero-order valence-electron chi connectivity index (χ0n) is 10.8. The van der Waals surface area contributed by atoms with E-state index in [0.29, 0.717) is 15.0 Å². The second-order valence-electron chi connectivity index (χ2n) is 3.93. The fourth-order valence-electron chi connectivity index (χ4n) is 1.31. The molecule has 0 amide bonds. The number of unbranched alkanes of at least 4 members (excludes halogenated alkanes) is 2. The van der Waals surface area contributed by atoms with Crippen molar-refractivity contribution in [2.75, 3.05) is 0 Å². The molecule has 0 saturated carbocycles. The number of allylic oxidation sites excluding steroid dienone is 1. The molecule has 1 aromatic carbocycles.